The lowest BCUT2D eigenvalue weighted by Gasteiger charge is -2.46. The average Bonchev–Trinajstić information content (AvgIpc) is 3.79. The summed E-state index contributed by atoms with van der Waals surface area (Å²) in [4.78, 5) is 38.9. The normalized spacial score (nSPS) is 49.1. The lowest BCUT2D eigenvalue weighted by Crippen LogP contribution is -2.62. The van der Waals surface area contributed by atoms with Gasteiger partial charge in [0.25, 0.3) is 0 Å². The van der Waals surface area contributed by atoms with Crippen LogP contribution in [0.5, 0.6) is 0 Å². The van der Waals surface area contributed by atoms with Gasteiger partial charge in [-0.15, -0.1) is 0 Å². The quantitative estimate of drug-likeness (QED) is 0.251. The standard InChI is InChI=1S/C37H58O16/c1-17-10-13-26(39)48-20(4)23(16-46-33-31(45-9)30(44-8)27(40)21(5)49-33)29-24(51-29)11-12-25(38)36(7,43)14-18(2)28(17)52-34-32(41)37(15-19(3)47-34)22(6)50-35(42)53-37/h10,13,17-24,27-34,40-41,43H,11-12,14-16H2,1-9H3/b13-10+/t17-,18-,19+,20+,21+,22-,23?,24-,27+,28?,29-,30+,31+,32-,33+,34-,36-,37-/m0/s1. The predicted octanol–water partition coefficient (Wildman–Crippen LogP) is 1.96. The molecule has 0 aromatic heterocycles. The fraction of sp³-hybridized carbons (Fsp3) is 0.865. The maximum atomic E-state index is 13.5. The van der Waals surface area contributed by atoms with Crippen LogP contribution in [0.1, 0.15) is 74.1 Å². The maximum absolute atomic E-state index is 13.5. The number of Topliss-reactive ketones (excluding diaryl/α,β-unsaturated/α-hetero) is 1. The molecule has 0 aromatic rings. The Bertz CT molecular complexity index is 1320. The van der Waals surface area contributed by atoms with E-state index in [9.17, 15) is 29.7 Å². The van der Waals surface area contributed by atoms with Crippen LogP contribution < -0.4 is 0 Å². The van der Waals surface area contributed by atoms with Gasteiger partial charge in [-0.2, -0.15) is 0 Å². The highest BCUT2D eigenvalue weighted by Crippen LogP contribution is 2.43. The topological polar surface area (TPSA) is 207 Å². The number of ether oxygens (including phenoxy) is 10. The summed E-state index contributed by atoms with van der Waals surface area (Å²) >= 11 is 0. The molecule has 16 heteroatoms. The van der Waals surface area contributed by atoms with Crippen molar-refractivity contribution in [3.05, 3.63) is 12.2 Å². The SMILES string of the molecule is CO[C@@H]1[C@H](O)[C@@H](C)O[C@@H](OCC2[C@@H](C)OC(=O)/C=C/[C@H](C)C(O[C@@H]3O[C@H](C)C[C@@]4(OC(=O)O[C@H]4C)[C@H]3O)[C@@H](C)C[C@](C)(O)C(=O)CC[C@@H]3O[C@@H]23)[C@@H]1OC. The summed E-state index contributed by atoms with van der Waals surface area (Å²) in [6.07, 6.45) is -7.59. The zero-order valence-corrected chi connectivity index (χ0v) is 32.1. The lowest BCUT2D eigenvalue weighted by molar-refractivity contribution is -0.309. The zero-order valence-electron chi connectivity index (χ0n) is 32.1. The first-order valence-corrected chi connectivity index (χ1v) is 18.6. The molecule has 0 radical (unpaired) electrons. The van der Waals surface area contributed by atoms with Crippen molar-refractivity contribution in [1.82, 2.24) is 0 Å². The Balaban J connectivity index is 1.35. The molecule has 4 saturated heterocycles. The summed E-state index contributed by atoms with van der Waals surface area (Å²) in [7, 11) is 2.94. The van der Waals surface area contributed by atoms with Crippen LogP contribution in [0.4, 0.5) is 4.79 Å². The molecule has 53 heavy (non-hydrogen) atoms. The van der Waals surface area contributed by atoms with Crippen LogP contribution in [-0.2, 0) is 57.0 Å². The molecule has 5 heterocycles. The maximum Gasteiger partial charge on any atom is 0.509 e. The average molecular weight is 759 g/mol. The van der Waals surface area contributed by atoms with Crippen molar-refractivity contribution in [3.8, 4) is 0 Å². The molecule has 1 spiro atoms. The minimum atomic E-state index is -1.74. The summed E-state index contributed by atoms with van der Waals surface area (Å²) in [6, 6.07) is 0. The van der Waals surface area contributed by atoms with E-state index < -0.39 is 115 Å². The molecule has 2 unspecified atom stereocenters. The number of fused-ring (bicyclic) bond motifs is 1. The van der Waals surface area contributed by atoms with Crippen LogP contribution >= 0.6 is 0 Å². The van der Waals surface area contributed by atoms with E-state index in [0.29, 0.717) is 6.42 Å². The number of epoxide rings is 1. The molecule has 4 fully saturated rings. The Kier molecular flexibility index (Phi) is 13.3. The van der Waals surface area contributed by atoms with Crippen molar-refractivity contribution in [3.63, 3.8) is 0 Å². The summed E-state index contributed by atoms with van der Waals surface area (Å²) in [5, 5.41) is 33.5. The van der Waals surface area contributed by atoms with E-state index in [2.05, 4.69) is 0 Å². The molecule has 18 atom stereocenters. The molecule has 5 aliphatic rings. The number of methoxy groups -OCH3 is 2. The van der Waals surface area contributed by atoms with E-state index >= 15 is 0 Å². The molecule has 0 aromatic carbocycles. The molecule has 5 aliphatic heterocycles. The van der Waals surface area contributed by atoms with E-state index in [0.717, 1.165) is 0 Å². The monoisotopic (exact) mass is 758 g/mol. The van der Waals surface area contributed by atoms with Crippen molar-refractivity contribution in [1.29, 1.82) is 0 Å². The van der Waals surface area contributed by atoms with Crippen LogP contribution in [0.2, 0.25) is 0 Å². The zero-order chi connectivity index (χ0) is 39.0. The van der Waals surface area contributed by atoms with Gasteiger partial charge in [0.2, 0.25) is 0 Å². The summed E-state index contributed by atoms with van der Waals surface area (Å²) in [5.74, 6) is -2.49. The number of esters is 1. The van der Waals surface area contributed by atoms with Gasteiger partial charge < -0.3 is 62.7 Å². The number of ketones is 1. The van der Waals surface area contributed by atoms with E-state index in [1.54, 1.807) is 47.6 Å². The van der Waals surface area contributed by atoms with Crippen molar-refractivity contribution >= 4 is 17.9 Å². The first-order valence-electron chi connectivity index (χ1n) is 18.6. The minimum Gasteiger partial charge on any atom is -0.459 e. The molecular weight excluding hydrogens is 700 g/mol. The van der Waals surface area contributed by atoms with Gasteiger partial charge >= 0.3 is 12.1 Å². The Morgan fingerprint density at radius 1 is 0.868 bits per heavy atom. The number of carbonyl (C=O) groups excluding carboxylic acids is 3. The van der Waals surface area contributed by atoms with E-state index in [1.807, 2.05) is 0 Å². The van der Waals surface area contributed by atoms with Crippen molar-refractivity contribution in [2.45, 2.75) is 165 Å². The number of hydrogen-bond acceptors (Lipinski definition) is 16. The molecule has 0 bridgehead atoms. The summed E-state index contributed by atoms with van der Waals surface area (Å²) in [5.41, 5.74) is -3.14. The Labute approximate surface area is 310 Å². The van der Waals surface area contributed by atoms with Crippen LogP contribution in [0.3, 0.4) is 0 Å². The van der Waals surface area contributed by atoms with Crippen molar-refractivity contribution < 1.29 is 77.1 Å². The van der Waals surface area contributed by atoms with Crippen LogP contribution in [0.15, 0.2) is 12.2 Å². The highest BCUT2D eigenvalue weighted by molar-refractivity contribution is 5.86. The Morgan fingerprint density at radius 2 is 1.57 bits per heavy atom. The van der Waals surface area contributed by atoms with Gasteiger partial charge in [-0.3, -0.25) is 4.79 Å². The largest absolute Gasteiger partial charge is 0.509 e. The lowest BCUT2D eigenvalue weighted by atomic mass is 9.80. The number of carbonyl (C=O) groups is 3. The Morgan fingerprint density at radius 3 is 2.21 bits per heavy atom. The van der Waals surface area contributed by atoms with Crippen LogP contribution in [0.25, 0.3) is 0 Å². The van der Waals surface area contributed by atoms with Crippen molar-refractivity contribution in [2.75, 3.05) is 20.8 Å². The van der Waals surface area contributed by atoms with Gasteiger partial charge in [-0.05, 0) is 53.4 Å². The molecule has 3 N–H and O–H groups in total. The minimum absolute atomic E-state index is 0.00275. The number of aliphatic hydroxyl groups excluding tert-OH is 2. The van der Waals surface area contributed by atoms with Crippen LogP contribution in [0, 0.1) is 17.8 Å². The molecule has 16 nitrogen and oxygen atoms in total. The second kappa shape index (κ2) is 16.9. The third-order valence-corrected chi connectivity index (χ3v) is 11.6. The number of cyclic esters (lactones) is 2. The third kappa shape index (κ3) is 9.08. The van der Waals surface area contributed by atoms with Gasteiger partial charge in [0.05, 0.1) is 37.1 Å². The highest BCUT2D eigenvalue weighted by atomic mass is 16.8. The van der Waals surface area contributed by atoms with Gasteiger partial charge in [0.15, 0.2) is 24.0 Å². The molecule has 302 valence electrons. The summed E-state index contributed by atoms with van der Waals surface area (Å²) in [6.45, 7) is 11.9. The third-order valence-electron chi connectivity index (χ3n) is 11.6. The second-order valence-electron chi connectivity index (χ2n) is 15.6. The molecular formula is C37H58O16. The number of aliphatic hydroxyl groups is 3. The van der Waals surface area contributed by atoms with Gasteiger partial charge in [-0.1, -0.05) is 19.9 Å². The second-order valence-corrected chi connectivity index (χ2v) is 15.6. The fourth-order valence-electron chi connectivity index (χ4n) is 8.36. The van der Waals surface area contributed by atoms with Crippen molar-refractivity contribution in [2.24, 2.45) is 17.8 Å². The number of hydrogen-bond donors (Lipinski definition) is 3. The van der Waals surface area contributed by atoms with Gasteiger partial charge in [-0.25, -0.2) is 9.59 Å². The Hall–Kier alpha value is -2.25. The molecule has 0 aliphatic carbocycles. The van der Waals surface area contributed by atoms with Crippen LogP contribution in [-0.4, -0.2) is 145 Å². The first kappa shape index (κ1) is 41.9. The smallest absolute Gasteiger partial charge is 0.459 e. The predicted molar refractivity (Wildman–Crippen MR) is 182 cm³/mol. The van der Waals surface area contributed by atoms with E-state index in [-0.39, 0.29) is 37.8 Å². The first-order chi connectivity index (χ1) is 24.9. The molecule has 0 amide bonds. The molecule has 5 rings (SSSR count). The van der Waals surface area contributed by atoms with E-state index in [4.69, 9.17) is 47.4 Å². The molecule has 0 saturated carbocycles. The highest BCUT2D eigenvalue weighted by Gasteiger charge is 2.61. The van der Waals surface area contributed by atoms with Gasteiger partial charge in [0, 0.05) is 45.0 Å². The van der Waals surface area contributed by atoms with E-state index in [1.165, 1.54) is 27.2 Å². The fourth-order valence-corrected chi connectivity index (χ4v) is 8.36. The van der Waals surface area contributed by atoms with Gasteiger partial charge in [0.1, 0.15) is 42.2 Å². The summed E-state index contributed by atoms with van der Waals surface area (Å²) < 4.78 is 58.3. The number of rotatable bonds is 7.